The monoisotopic (exact) mass is 350 g/mol. The van der Waals surface area contributed by atoms with Gasteiger partial charge in [-0.1, -0.05) is 60.2 Å². The van der Waals surface area contributed by atoms with Crippen LogP contribution in [0.5, 0.6) is 0 Å². The van der Waals surface area contributed by atoms with Gasteiger partial charge in [0.05, 0.1) is 15.4 Å². The third-order valence-electron chi connectivity index (χ3n) is 4.39. The van der Waals surface area contributed by atoms with Gasteiger partial charge >= 0.3 is 5.97 Å². The van der Waals surface area contributed by atoms with Crippen LogP contribution >= 0.6 is 0 Å². The van der Waals surface area contributed by atoms with E-state index in [1.54, 1.807) is 0 Å². The van der Waals surface area contributed by atoms with Gasteiger partial charge in [0.25, 0.3) is 0 Å². The van der Waals surface area contributed by atoms with Gasteiger partial charge < -0.3 is 9.30 Å². The van der Waals surface area contributed by atoms with E-state index in [9.17, 15) is 4.79 Å². The molecule has 1 radical (unpaired) electrons. The molecule has 0 aliphatic carbocycles. The molecule has 2 aromatic carbocycles. The first-order valence-corrected chi connectivity index (χ1v) is 11.2. The molecule has 0 spiro atoms. The SMILES string of the molecule is CCOC(=O)c1cc2ccc([Si](C)C)cc2n1Cc1cccc(C)c1. The van der Waals surface area contributed by atoms with Gasteiger partial charge in [-0.2, -0.15) is 0 Å². The van der Waals surface area contributed by atoms with E-state index >= 15 is 0 Å². The van der Waals surface area contributed by atoms with Crippen molar-refractivity contribution in [3.63, 3.8) is 0 Å². The molecule has 4 heteroatoms. The van der Waals surface area contributed by atoms with Crippen molar-refractivity contribution in [1.82, 2.24) is 4.57 Å². The number of fused-ring (bicyclic) bond motifs is 1. The van der Waals surface area contributed by atoms with Crippen molar-refractivity contribution in [3.8, 4) is 0 Å². The molecule has 129 valence electrons. The Kier molecular flexibility index (Phi) is 5.09. The summed E-state index contributed by atoms with van der Waals surface area (Å²) in [4.78, 5) is 12.5. The number of rotatable bonds is 5. The quantitative estimate of drug-likeness (QED) is 0.512. The molecule has 0 unspecified atom stereocenters. The van der Waals surface area contributed by atoms with Crippen LogP contribution < -0.4 is 5.19 Å². The number of carbonyl (C=O) groups excluding carboxylic acids is 1. The van der Waals surface area contributed by atoms with Crippen LogP contribution in [0.15, 0.2) is 48.5 Å². The molecule has 0 saturated carbocycles. The Hall–Kier alpha value is -2.33. The van der Waals surface area contributed by atoms with Crippen LogP contribution in [-0.4, -0.2) is 25.9 Å². The molecule has 0 bridgehead atoms. The second kappa shape index (κ2) is 7.27. The van der Waals surface area contributed by atoms with E-state index in [0.29, 0.717) is 18.8 Å². The molecule has 3 nitrogen and oxygen atoms in total. The van der Waals surface area contributed by atoms with Crippen molar-refractivity contribution >= 4 is 30.9 Å². The maximum Gasteiger partial charge on any atom is 0.354 e. The highest BCUT2D eigenvalue weighted by Gasteiger charge is 2.18. The minimum atomic E-state index is -0.548. The number of aromatic nitrogens is 1. The Bertz CT molecular complexity index is 911. The van der Waals surface area contributed by atoms with E-state index in [4.69, 9.17) is 4.74 Å². The summed E-state index contributed by atoms with van der Waals surface area (Å²) in [6, 6.07) is 16.9. The number of benzene rings is 2. The van der Waals surface area contributed by atoms with E-state index in [-0.39, 0.29) is 5.97 Å². The largest absolute Gasteiger partial charge is 0.461 e. The Morgan fingerprint density at radius 2 is 1.92 bits per heavy atom. The lowest BCUT2D eigenvalue weighted by Gasteiger charge is -2.12. The molecule has 1 aromatic heterocycles. The number of esters is 1. The highest BCUT2D eigenvalue weighted by Crippen LogP contribution is 2.22. The van der Waals surface area contributed by atoms with Crippen molar-refractivity contribution in [2.24, 2.45) is 0 Å². The molecule has 3 aromatic rings. The lowest BCUT2D eigenvalue weighted by molar-refractivity contribution is 0.0515. The van der Waals surface area contributed by atoms with Gasteiger partial charge in [-0.05, 0) is 31.5 Å². The first-order valence-electron chi connectivity index (χ1n) is 8.66. The van der Waals surface area contributed by atoms with Crippen molar-refractivity contribution in [2.75, 3.05) is 6.61 Å². The predicted molar refractivity (Wildman–Crippen MR) is 105 cm³/mol. The van der Waals surface area contributed by atoms with E-state index in [1.807, 2.05) is 13.0 Å². The summed E-state index contributed by atoms with van der Waals surface area (Å²) in [7, 11) is -0.548. The normalized spacial score (nSPS) is 11.2. The van der Waals surface area contributed by atoms with Gasteiger partial charge in [0.2, 0.25) is 0 Å². The summed E-state index contributed by atoms with van der Waals surface area (Å²) < 4.78 is 7.38. The molecule has 0 aliphatic rings. The first-order chi connectivity index (χ1) is 12.0. The average molecular weight is 351 g/mol. The summed E-state index contributed by atoms with van der Waals surface area (Å²) in [5, 5.41) is 2.46. The fourth-order valence-corrected chi connectivity index (χ4v) is 3.95. The van der Waals surface area contributed by atoms with Crippen LogP contribution in [-0.2, 0) is 11.3 Å². The minimum Gasteiger partial charge on any atom is -0.461 e. The number of hydrogen-bond donors (Lipinski definition) is 0. The van der Waals surface area contributed by atoms with Gasteiger partial charge in [-0.25, -0.2) is 4.79 Å². The van der Waals surface area contributed by atoms with E-state index in [1.165, 1.54) is 16.3 Å². The molecular formula is C21H24NO2Si. The zero-order valence-electron chi connectivity index (χ0n) is 15.3. The second-order valence-corrected chi connectivity index (χ2v) is 9.18. The summed E-state index contributed by atoms with van der Waals surface area (Å²) in [6.07, 6.45) is 0. The van der Waals surface area contributed by atoms with E-state index in [2.05, 4.69) is 67.0 Å². The Morgan fingerprint density at radius 3 is 2.60 bits per heavy atom. The molecule has 0 fully saturated rings. The third kappa shape index (κ3) is 3.69. The van der Waals surface area contributed by atoms with Gasteiger partial charge in [0.15, 0.2) is 0 Å². The average Bonchev–Trinajstić information content (AvgIpc) is 2.93. The van der Waals surface area contributed by atoms with Crippen LogP contribution in [0.1, 0.15) is 28.5 Å². The van der Waals surface area contributed by atoms with Crippen LogP contribution in [0.4, 0.5) is 0 Å². The fourth-order valence-electron chi connectivity index (χ4n) is 3.10. The molecule has 1 heterocycles. The molecule has 25 heavy (non-hydrogen) atoms. The Balaban J connectivity index is 2.14. The Morgan fingerprint density at radius 1 is 1.12 bits per heavy atom. The van der Waals surface area contributed by atoms with Crippen molar-refractivity contribution in [3.05, 3.63) is 65.4 Å². The summed E-state index contributed by atoms with van der Waals surface area (Å²) in [6.45, 7) is 9.54. The van der Waals surface area contributed by atoms with E-state index < -0.39 is 8.80 Å². The number of aryl methyl sites for hydroxylation is 1. The summed E-state index contributed by atoms with van der Waals surface area (Å²) in [5.74, 6) is -0.258. The van der Waals surface area contributed by atoms with Crippen LogP contribution in [0.25, 0.3) is 10.9 Å². The van der Waals surface area contributed by atoms with Gasteiger partial charge in [-0.15, -0.1) is 0 Å². The lowest BCUT2D eigenvalue weighted by atomic mass is 10.1. The molecular weight excluding hydrogens is 326 g/mol. The minimum absolute atomic E-state index is 0.258. The summed E-state index contributed by atoms with van der Waals surface area (Å²) >= 11 is 0. The van der Waals surface area contributed by atoms with Crippen LogP contribution in [0, 0.1) is 6.92 Å². The van der Waals surface area contributed by atoms with Crippen molar-refractivity contribution in [2.45, 2.75) is 33.5 Å². The number of nitrogens with zero attached hydrogens (tertiary/aromatic N) is 1. The first kappa shape index (κ1) is 17.5. The molecule has 0 amide bonds. The van der Waals surface area contributed by atoms with Crippen molar-refractivity contribution in [1.29, 1.82) is 0 Å². The van der Waals surface area contributed by atoms with Crippen LogP contribution in [0.3, 0.4) is 0 Å². The van der Waals surface area contributed by atoms with Gasteiger partial charge in [0.1, 0.15) is 5.69 Å². The number of carbonyl (C=O) groups is 1. The zero-order valence-corrected chi connectivity index (χ0v) is 16.3. The lowest BCUT2D eigenvalue weighted by Crippen LogP contribution is -2.22. The molecule has 0 atom stereocenters. The van der Waals surface area contributed by atoms with Crippen LogP contribution in [0.2, 0.25) is 13.1 Å². The second-order valence-electron chi connectivity index (χ2n) is 6.60. The maximum atomic E-state index is 12.5. The predicted octanol–water partition coefficient (Wildman–Crippen LogP) is 4.14. The van der Waals surface area contributed by atoms with Gasteiger partial charge in [0, 0.05) is 17.4 Å². The highest BCUT2D eigenvalue weighted by atomic mass is 28.3. The zero-order chi connectivity index (χ0) is 18.0. The molecule has 0 aliphatic heterocycles. The number of hydrogen-bond acceptors (Lipinski definition) is 2. The van der Waals surface area contributed by atoms with Gasteiger partial charge in [-0.3, -0.25) is 0 Å². The number of ether oxygens (including phenoxy) is 1. The molecule has 0 N–H and O–H groups in total. The molecule has 3 rings (SSSR count). The smallest absolute Gasteiger partial charge is 0.354 e. The standard InChI is InChI=1S/C21H24NO2Si/c1-5-24-21(23)20-12-17-9-10-18(25(3)4)13-19(17)22(20)14-16-8-6-7-15(2)11-16/h6-13H,5,14H2,1-4H3. The van der Waals surface area contributed by atoms with E-state index in [0.717, 1.165) is 10.9 Å². The highest BCUT2D eigenvalue weighted by molar-refractivity contribution is 6.70. The maximum absolute atomic E-state index is 12.5. The summed E-state index contributed by atoms with van der Waals surface area (Å²) in [5.41, 5.74) is 4.14. The Labute approximate surface area is 150 Å². The third-order valence-corrected chi connectivity index (χ3v) is 5.86. The topological polar surface area (TPSA) is 31.2 Å². The molecule has 0 saturated heterocycles. The van der Waals surface area contributed by atoms with Crippen molar-refractivity contribution < 1.29 is 9.53 Å². The fraction of sp³-hybridized carbons (Fsp3) is 0.286.